The Kier molecular flexibility index (Phi) is 5.88. The van der Waals surface area contributed by atoms with Crippen LogP contribution in [0.3, 0.4) is 0 Å². The number of rotatable bonds is 7. The van der Waals surface area contributed by atoms with E-state index in [1.165, 1.54) is 5.69 Å². The molecule has 1 aromatic carbocycles. The molecule has 1 fully saturated rings. The molecule has 1 N–H and O–H groups in total. The minimum Gasteiger partial charge on any atom is -0.497 e. The van der Waals surface area contributed by atoms with E-state index in [2.05, 4.69) is 36.3 Å². The van der Waals surface area contributed by atoms with Crippen molar-refractivity contribution in [3.05, 3.63) is 24.3 Å². The second-order valence-corrected chi connectivity index (χ2v) is 5.95. The lowest BCUT2D eigenvalue weighted by molar-refractivity contribution is 0.0190. The van der Waals surface area contributed by atoms with Crippen molar-refractivity contribution >= 4 is 5.69 Å². The molecule has 1 aromatic rings. The average molecular weight is 292 g/mol. The Morgan fingerprint density at radius 3 is 2.76 bits per heavy atom. The van der Waals surface area contributed by atoms with Crippen molar-refractivity contribution in [2.24, 2.45) is 5.41 Å². The van der Waals surface area contributed by atoms with E-state index in [0.29, 0.717) is 5.41 Å². The zero-order valence-electron chi connectivity index (χ0n) is 13.5. The third kappa shape index (κ3) is 4.35. The number of nitrogens with one attached hydrogen (secondary N) is 1. The Labute approximate surface area is 128 Å². The van der Waals surface area contributed by atoms with E-state index in [1.807, 2.05) is 12.1 Å². The molecule has 21 heavy (non-hydrogen) atoms. The lowest BCUT2D eigenvalue weighted by Gasteiger charge is -2.41. The van der Waals surface area contributed by atoms with Gasteiger partial charge in [0.2, 0.25) is 0 Å². The van der Waals surface area contributed by atoms with Gasteiger partial charge in [-0.3, -0.25) is 0 Å². The van der Waals surface area contributed by atoms with Crippen molar-refractivity contribution in [1.82, 2.24) is 5.32 Å². The van der Waals surface area contributed by atoms with E-state index in [1.54, 1.807) is 7.11 Å². The molecule has 1 heterocycles. The maximum Gasteiger partial charge on any atom is 0.120 e. The Bertz CT molecular complexity index is 431. The van der Waals surface area contributed by atoms with Gasteiger partial charge in [-0.1, -0.05) is 13.0 Å². The fourth-order valence-corrected chi connectivity index (χ4v) is 3.03. The molecule has 4 nitrogen and oxygen atoms in total. The predicted molar refractivity (Wildman–Crippen MR) is 87.3 cm³/mol. The van der Waals surface area contributed by atoms with Crippen LogP contribution in [0.1, 0.15) is 19.8 Å². The fraction of sp³-hybridized carbons (Fsp3) is 0.647. The van der Waals surface area contributed by atoms with E-state index in [9.17, 15) is 0 Å². The number of anilines is 1. The van der Waals surface area contributed by atoms with Crippen LogP contribution in [0.5, 0.6) is 5.75 Å². The van der Waals surface area contributed by atoms with Crippen molar-refractivity contribution in [2.45, 2.75) is 19.8 Å². The molecule has 1 saturated heterocycles. The number of hydrogen-bond donors (Lipinski definition) is 1. The molecule has 0 radical (unpaired) electrons. The second kappa shape index (κ2) is 7.66. The van der Waals surface area contributed by atoms with Gasteiger partial charge in [0.15, 0.2) is 0 Å². The normalized spacial score (nSPS) is 17.5. The standard InChI is InChI=1S/C17H28N2O2/c1-4-18-13-17(8-10-21-11-9-17)14-19(2)15-6-5-7-16(12-15)20-3/h5-7,12,18H,4,8-11,13-14H2,1-3H3. The summed E-state index contributed by atoms with van der Waals surface area (Å²) >= 11 is 0. The molecule has 0 aromatic heterocycles. The Hall–Kier alpha value is -1.26. The zero-order chi connectivity index (χ0) is 15.1. The molecule has 2 rings (SSSR count). The van der Waals surface area contributed by atoms with Gasteiger partial charge in [-0.25, -0.2) is 0 Å². The summed E-state index contributed by atoms with van der Waals surface area (Å²) in [6.07, 6.45) is 2.24. The summed E-state index contributed by atoms with van der Waals surface area (Å²) in [6, 6.07) is 8.27. The average Bonchev–Trinajstić information content (AvgIpc) is 2.54. The SMILES string of the molecule is CCNCC1(CN(C)c2cccc(OC)c2)CCOCC1. The van der Waals surface area contributed by atoms with Crippen molar-refractivity contribution in [3.8, 4) is 5.75 Å². The highest BCUT2D eigenvalue weighted by Gasteiger charge is 2.33. The Morgan fingerprint density at radius 2 is 2.10 bits per heavy atom. The summed E-state index contributed by atoms with van der Waals surface area (Å²) in [4.78, 5) is 2.34. The molecule has 4 heteroatoms. The highest BCUT2D eigenvalue weighted by molar-refractivity contribution is 5.50. The van der Waals surface area contributed by atoms with Crippen molar-refractivity contribution in [3.63, 3.8) is 0 Å². The minimum absolute atomic E-state index is 0.298. The molecule has 1 aliphatic heterocycles. The zero-order valence-corrected chi connectivity index (χ0v) is 13.5. The molecule has 0 aliphatic carbocycles. The molecule has 0 unspecified atom stereocenters. The quantitative estimate of drug-likeness (QED) is 0.837. The predicted octanol–water partition coefficient (Wildman–Crippen LogP) is 2.54. The lowest BCUT2D eigenvalue weighted by Crippen LogP contribution is -2.46. The van der Waals surface area contributed by atoms with E-state index in [-0.39, 0.29) is 0 Å². The van der Waals surface area contributed by atoms with Gasteiger partial charge in [0.05, 0.1) is 7.11 Å². The molecule has 118 valence electrons. The molecular formula is C17H28N2O2. The Morgan fingerprint density at radius 1 is 1.33 bits per heavy atom. The maximum absolute atomic E-state index is 5.56. The molecular weight excluding hydrogens is 264 g/mol. The van der Waals surface area contributed by atoms with E-state index >= 15 is 0 Å². The molecule has 0 spiro atoms. The number of benzene rings is 1. The van der Waals surface area contributed by atoms with Gasteiger partial charge in [0, 0.05) is 50.5 Å². The van der Waals surface area contributed by atoms with Gasteiger partial charge in [-0.2, -0.15) is 0 Å². The first-order chi connectivity index (χ1) is 10.2. The van der Waals surface area contributed by atoms with Crippen LogP contribution < -0.4 is 15.0 Å². The lowest BCUT2D eigenvalue weighted by atomic mass is 9.79. The molecule has 1 aliphatic rings. The summed E-state index contributed by atoms with van der Waals surface area (Å²) in [5.74, 6) is 0.909. The third-order valence-electron chi connectivity index (χ3n) is 4.37. The third-order valence-corrected chi connectivity index (χ3v) is 4.37. The summed E-state index contributed by atoms with van der Waals surface area (Å²) < 4.78 is 10.9. The van der Waals surface area contributed by atoms with Gasteiger partial charge < -0.3 is 19.7 Å². The van der Waals surface area contributed by atoms with Crippen molar-refractivity contribution in [2.75, 3.05) is 51.9 Å². The summed E-state index contributed by atoms with van der Waals surface area (Å²) in [6.45, 7) is 7.02. The second-order valence-electron chi connectivity index (χ2n) is 5.95. The minimum atomic E-state index is 0.298. The van der Waals surface area contributed by atoms with Crippen LogP contribution in [0, 0.1) is 5.41 Å². The molecule has 0 saturated carbocycles. The molecule has 0 bridgehead atoms. The number of hydrogen-bond acceptors (Lipinski definition) is 4. The van der Waals surface area contributed by atoms with Crippen molar-refractivity contribution < 1.29 is 9.47 Å². The Balaban J connectivity index is 2.07. The van der Waals surface area contributed by atoms with Crippen LogP contribution in [0.2, 0.25) is 0 Å². The first-order valence-corrected chi connectivity index (χ1v) is 7.83. The van der Waals surface area contributed by atoms with Crippen LogP contribution in [0.4, 0.5) is 5.69 Å². The van der Waals surface area contributed by atoms with Crippen LogP contribution in [0.25, 0.3) is 0 Å². The molecule has 0 amide bonds. The topological polar surface area (TPSA) is 33.7 Å². The number of ether oxygens (including phenoxy) is 2. The van der Waals surface area contributed by atoms with E-state index in [0.717, 1.165) is 51.4 Å². The van der Waals surface area contributed by atoms with Crippen LogP contribution in [-0.2, 0) is 4.74 Å². The summed E-state index contributed by atoms with van der Waals surface area (Å²) in [7, 11) is 3.88. The largest absolute Gasteiger partial charge is 0.497 e. The smallest absolute Gasteiger partial charge is 0.120 e. The van der Waals surface area contributed by atoms with Gasteiger partial charge in [-0.15, -0.1) is 0 Å². The maximum atomic E-state index is 5.56. The van der Waals surface area contributed by atoms with E-state index in [4.69, 9.17) is 9.47 Å². The van der Waals surface area contributed by atoms with Gasteiger partial charge in [-0.05, 0) is 31.5 Å². The van der Waals surface area contributed by atoms with Crippen LogP contribution in [0.15, 0.2) is 24.3 Å². The first-order valence-electron chi connectivity index (χ1n) is 7.83. The first kappa shape index (κ1) is 16.1. The summed E-state index contributed by atoms with van der Waals surface area (Å²) in [5.41, 5.74) is 1.50. The van der Waals surface area contributed by atoms with Crippen LogP contribution in [-0.4, -0.2) is 47.0 Å². The van der Waals surface area contributed by atoms with Crippen LogP contribution >= 0.6 is 0 Å². The number of nitrogens with zero attached hydrogens (tertiary/aromatic N) is 1. The highest BCUT2D eigenvalue weighted by Crippen LogP contribution is 2.32. The highest BCUT2D eigenvalue weighted by atomic mass is 16.5. The van der Waals surface area contributed by atoms with Gasteiger partial charge in [0.25, 0.3) is 0 Å². The number of methoxy groups -OCH3 is 1. The molecule has 0 atom stereocenters. The van der Waals surface area contributed by atoms with E-state index < -0.39 is 0 Å². The monoisotopic (exact) mass is 292 g/mol. The van der Waals surface area contributed by atoms with Gasteiger partial charge in [0.1, 0.15) is 5.75 Å². The fourth-order valence-electron chi connectivity index (χ4n) is 3.03. The summed E-state index contributed by atoms with van der Waals surface area (Å²) in [5, 5.41) is 3.53. The van der Waals surface area contributed by atoms with Gasteiger partial charge >= 0.3 is 0 Å². The van der Waals surface area contributed by atoms with Crippen molar-refractivity contribution in [1.29, 1.82) is 0 Å².